The first kappa shape index (κ1) is 18.2. The van der Waals surface area contributed by atoms with Crippen molar-refractivity contribution in [2.24, 2.45) is 5.73 Å². The molecule has 0 aromatic heterocycles. The molecule has 1 aromatic rings. The molecule has 1 fully saturated rings. The maximum atomic E-state index is 12.4. The standard InChI is InChI=1S/C15H22ClN3O.ClH/c1-15(2,17)11-18-6-8-19(9-7-18)14(20)12-4-3-5-13(16)10-12;/h3-5,10H,6-9,11,17H2,1-2H3;1H. The van der Waals surface area contributed by atoms with Crippen LogP contribution in [0.1, 0.15) is 24.2 Å². The van der Waals surface area contributed by atoms with E-state index in [1.807, 2.05) is 30.9 Å². The van der Waals surface area contributed by atoms with Gasteiger partial charge in [0.1, 0.15) is 0 Å². The van der Waals surface area contributed by atoms with Crippen LogP contribution < -0.4 is 5.73 Å². The van der Waals surface area contributed by atoms with Crippen LogP contribution >= 0.6 is 24.0 Å². The van der Waals surface area contributed by atoms with Crippen molar-refractivity contribution in [3.8, 4) is 0 Å². The van der Waals surface area contributed by atoms with Gasteiger partial charge < -0.3 is 10.6 Å². The highest BCUT2D eigenvalue weighted by Gasteiger charge is 2.24. The molecule has 1 heterocycles. The second-order valence-corrected chi connectivity index (χ2v) is 6.50. The fourth-order valence-corrected chi connectivity index (χ4v) is 2.68. The van der Waals surface area contributed by atoms with Crippen LogP contribution in [0.15, 0.2) is 24.3 Å². The zero-order valence-corrected chi connectivity index (χ0v) is 14.1. The van der Waals surface area contributed by atoms with Crippen LogP contribution in [0.2, 0.25) is 5.02 Å². The summed E-state index contributed by atoms with van der Waals surface area (Å²) in [5.41, 5.74) is 6.49. The number of hydrogen-bond donors (Lipinski definition) is 1. The number of rotatable bonds is 3. The van der Waals surface area contributed by atoms with Gasteiger partial charge >= 0.3 is 0 Å². The fraction of sp³-hybridized carbons (Fsp3) is 0.533. The van der Waals surface area contributed by atoms with E-state index >= 15 is 0 Å². The third kappa shape index (κ3) is 5.47. The summed E-state index contributed by atoms with van der Waals surface area (Å²) < 4.78 is 0. The van der Waals surface area contributed by atoms with Crippen LogP contribution in [0.4, 0.5) is 0 Å². The van der Waals surface area contributed by atoms with E-state index in [9.17, 15) is 4.79 Å². The Morgan fingerprint density at radius 1 is 1.29 bits per heavy atom. The highest BCUT2D eigenvalue weighted by molar-refractivity contribution is 6.30. The van der Waals surface area contributed by atoms with Crippen molar-refractivity contribution in [2.45, 2.75) is 19.4 Å². The summed E-state index contributed by atoms with van der Waals surface area (Å²) in [7, 11) is 0. The molecular formula is C15H23Cl2N3O. The van der Waals surface area contributed by atoms with Crippen LogP contribution in [0.3, 0.4) is 0 Å². The van der Waals surface area contributed by atoms with E-state index in [4.69, 9.17) is 17.3 Å². The highest BCUT2D eigenvalue weighted by Crippen LogP contribution is 2.14. The lowest BCUT2D eigenvalue weighted by molar-refractivity contribution is 0.0616. The Kier molecular flexibility index (Phi) is 6.47. The van der Waals surface area contributed by atoms with Gasteiger partial charge in [0, 0.05) is 48.8 Å². The minimum absolute atomic E-state index is 0. The molecule has 1 amide bonds. The molecule has 0 spiro atoms. The molecule has 0 atom stereocenters. The molecule has 0 radical (unpaired) electrons. The van der Waals surface area contributed by atoms with E-state index < -0.39 is 0 Å². The molecule has 0 unspecified atom stereocenters. The molecule has 1 saturated heterocycles. The van der Waals surface area contributed by atoms with Crippen molar-refractivity contribution < 1.29 is 4.79 Å². The van der Waals surface area contributed by atoms with Crippen molar-refractivity contribution in [2.75, 3.05) is 32.7 Å². The van der Waals surface area contributed by atoms with Crippen LogP contribution in [-0.4, -0.2) is 54.0 Å². The average molecular weight is 332 g/mol. The monoisotopic (exact) mass is 331 g/mol. The maximum absolute atomic E-state index is 12.4. The summed E-state index contributed by atoms with van der Waals surface area (Å²) in [6.45, 7) is 8.11. The first-order valence-electron chi connectivity index (χ1n) is 6.91. The van der Waals surface area contributed by atoms with Crippen LogP contribution in [0.5, 0.6) is 0 Å². The first-order chi connectivity index (χ1) is 9.35. The second kappa shape index (κ2) is 7.45. The Bertz CT molecular complexity index is 480. The van der Waals surface area contributed by atoms with E-state index in [0.717, 1.165) is 32.7 Å². The summed E-state index contributed by atoms with van der Waals surface area (Å²) in [5, 5.41) is 0.597. The molecule has 0 saturated carbocycles. The molecule has 1 aromatic carbocycles. The molecule has 1 aliphatic rings. The Hall–Kier alpha value is -0.810. The van der Waals surface area contributed by atoms with Gasteiger partial charge in [-0.3, -0.25) is 9.69 Å². The third-order valence-corrected chi connectivity index (χ3v) is 3.60. The number of carbonyl (C=O) groups excluding carboxylic acids is 1. The molecule has 4 nitrogen and oxygen atoms in total. The predicted molar refractivity (Wildman–Crippen MR) is 89.3 cm³/mol. The van der Waals surface area contributed by atoms with Gasteiger partial charge in [0.15, 0.2) is 0 Å². The number of amides is 1. The zero-order valence-electron chi connectivity index (χ0n) is 12.5. The van der Waals surface area contributed by atoms with Crippen LogP contribution in [-0.2, 0) is 0 Å². The van der Waals surface area contributed by atoms with Crippen molar-refractivity contribution in [3.63, 3.8) is 0 Å². The molecule has 2 N–H and O–H groups in total. The Morgan fingerprint density at radius 2 is 1.90 bits per heavy atom. The van der Waals surface area contributed by atoms with Crippen molar-refractivity contribution in [3.05, 3.63) is 34.9 Å². The van der Waals surface area contributed by atoms with Crippen LogP contribution in [0.25, 0.3) is 0 Å². The van der Waals surface area contributed by atoms with E-state index in [1.54, 1.807) is 12.1 Å². The smallest absolute Gasteiger partial charge is 0.253 e. The van der Waals surface area contributed by atoms with Crippen LogP contribution in [0, 0.1) is 0 Å². The lowest BCUT2D eigenvalue weighted by Crippen LogP contribution is -2.54. The number of halogens is 2. The molecule has 1 aliphatic heterocycles. The number of nitrogens with two attached hydrogens (primary N) is 1. The number of carbonyl (C=O) groups is 1. The lowest BCUT2D eigenvalue weighted by Gasteiger charge is -2.37. The minimum Gasteiger partial charge on any atom is -0.336 e. The lowest BCUT2D eigenvalue weighted by atomic mass is 10.1. The number of hydrogen-bond acceptors (Lipinski definition) is 3. The number of piperazine rings is 1. The summed E-state index contributed by atoms with van der Waals surface area (Å²) in [5.74, 6) is 0.0548. The Labute approximate surface area is 137 Å². The topological polar surface area (TPSA) is 49.6 Å². The third-order valence-electron chi connectivity index (χ3n) is 3.36. The number of benzene rings is 1. The van der Waals surface area contributed by atoms with Gasteiger partial charge in [-0.25, -0.2) is 0 Å². The average Bonchev–Trinajstić information content (AvgIpc) is 2.37. The van der Waals surface area contributed by atoms with Crippen molar-refractivity contribution in [1.82, 2.24) is 9.80 Å². The molecule has 21 heavy (non-hydrogen) atoms. The van der Waals surface area contributed by atoms with Gasteiger partial charge in [0.05, 0.1) is 0 Å². The van der Waals surface area contributed by atoms with Gasteiger partial charge in [-0.15, -0.1) is 12.4 Å². The van der Waals surface area contributed by atoms with Gasteiger partial charge in [0.2, 0.25) is 0 Å². The summed E-state index contributed by atoms with van der Waals surface area (Å²) in [6, 6.07) is 7.12. The summed E-state index contributed by atoms with van der Waals surface area (Å²) in [4.78, 5) is 16.6. The summed E-state index contributed by atoms with van der Waals surface area (Å²) in [6.07, 6.45) is 0. The van der Waals surface area contributed by atoms with Crippen molar-refractivity contribution >= 4 is 29.9 Å². The van der Waals surface area contributed by atoms with Gasteiger partial charge in [-0.1, -0.05) is 17.7 Å². The van der Waals surface area contributed by atoms with E-state index in [-0.39, 0.29) is 23.9 Å². The quantitative estimate of drug-likeness (QED) is 0.924. The Morgan fingerprint density at radius 3 is 2.43 bits per heavy atom. The van der Waals surface area contributed by atoms with Gasteiger partial charge in [0.25, 0.3) is 5.91 Å². The predicted octanol–water partition coefficient (Wildman–Crippen LogP) is 2.26. The van der Waals surface area contributed by atoms with E-state index in [0.29, 0.717) is 10.6 Å². The minimum atomic E-state index is -0.195. The molecule has 118 valence electrons. The molecule has 6 heteroatoms. The number of nitrogens with zero attached hydrogens (tertiary/aromatic N) is 2. The van der Waals surface area contributed by atoms with Gasteiger partial charge in [-0.05, 0) is 32.0 Å². The van der Waals surface area contributed by atoms with Crippen molar-refractivity contribution in [1.29, 1.82) is 0 Å². The molecule has 0 bridgehead atoms. The largest absolute Gasteiger partial charge is 0.336 e. The van der Waals surface area contributed by atoms with Gasteiger partial charge in [-0.2, -0.15) is 0 Å². The fourth-order valence-electron chi connectivity index (χ4n) is 2.49. The zero-order chi connectivity index (χ0) is 14.8. The highest BCUT2D eigenvalue weighted by atomic mass is 35.5. The normalized spacial score (nSPS) is 16.5. The second-order valence-electron chi connectivity index (χ2n) is 6.07. The molecular weight excluding hydrogens is 309 g/mol. The Balaban J connectivity index is 0.00000220. The molecule has 2 rings (SSSR count). The maximum Gasteiger partial charge on any atom is 0.253 e. The summed E-state index contributed by atoms with van der Waals surface area (Å²) >= 11 is 5.93. The van der Waals surface area contributed by atoms with E-state index in [1.165, 1.54) is 0 Å². The first-order valence-corrected chi connectivity index (χ1v) is 7.29. The van der Waals surface area contributed by atoms with E-state index in [2.05, 4.69) is 4.90 Å². The molecule has 0 aliphatic carbocycles. The SMILES string of the molecule is CC(C)(N)CN1CCN(C(=O)c2cccc(Cl)c2)CC1.Cl.